The van der Waals surface area contributed by atoms with Crippen LogP contribution in [0.15, 0.2) is 85.1 Å². The molecule has 0 aliphatic carbocycles. The number of carbonyl (C=O) groups is 1. The summed E-state index contributed by atoms with van der Waals surface area (Å²) in [6, 6.07) is 25.5. The van der Waals surface area contributed by atoms with E-state index in [0.29, 0.717) is 11.4 Å². The van der Waals surface area contributed by atoms with Crippen molar-refractivity contribution in [2.75, 3.05) is 0 Å². The molecule has 0 spiro atoms. The second-order valence-electron chi connectivity index (χ2n) is 6.53. The van der Waals surface area contributed by atoms with Crippen molar-refractivity contribution in [2.45, 2.75) is 13.3 Å². The third-order valence-electron chi connectivity index (χ3n) is 4.49. The molecule has 0 N–H and O–H groups in total. The van der Waals surface area contributed by atoms with Crippen molar-refractivity contribution in [2.24, 2.45) is 0 Å². The summed E-state index contributed by atoms with van der Waals surface area (Å²) in [6.07, 6.45) is 2.04. The molecule has 0 radical (unpaired) electrons. The van der Waals surface area contributed by atoms with Gasteiger partial charge in [-0.25, -0.2) is 0 Å². The average Bonchev–Trinajstić information content (AvgIpc) is 2.70. The summed E-state index contributed by atoms with van der Waals surface area (Å²) >= 11 is 0. The number of benzene rings is 3. The Morgan fingerprint density at radius 2 is 1.59 bits per heavy atom. The molecule has 1 aromatic heterocycles. The van der Waals surface area contributed by atoms with Crippen LogP contribution < -0.4 is 4.74 Å². The van der Waals surface area contributed by atoms with Crippen molar-refractivity contribution in [3.63, 3.8) is 0 Å². The van der Waals surface area contributed by atoms with E-state index in [9.17, 15) is 4.79 Å². The van der Waals surface area contributed by atoms with Crippen LogP contribution in [0.3, 0.4) is 0 Å². The van der Waals surface area contributed by atoms with Crippen LogP contribution in [0, 0.1) is 6.92 Å². The summed E-state index contributed by atoms with van der Waals surface area (Å²) < 4.78 is 5.85. The molecule has 3 heteroatoms. The number of ether oxygens (including phenoxy) is 1. The van der Waals surface area contributed by atoms with Gasteiger partial charge in [-0.05, 0) is 12.5 Å². The molecule has 0 amide bonds. The fraction of sp³-hybridized carbons (Fsp3) is 0.0833. The van der Waals surface area contributed by atoms with Gasteiger partial charge in [-0.2, -0.15) is 0 Å². The van der Waals surface area contributed by atoms with Crippen molar-refractivity contribution in [3.05, 3.63) is 96.2 Å². The Balaban J connectivity index is 1.75. The van der Waals surface area contributed by atoms with Crippen molar-refractivity contribution < 1.29 is 9.53 Å². The zero-order valence-corrected chi connectivity index (χ0v) is 15.1. The second kappa shape index (κ2) is 7.42. The average molecular weight is 353 g/mol. The van der Waals surface area contributed by atoms with E-state index >= 15 is 0 Å². The highest BCUT2D eigenvalue weighted by Gasteiger charge is 2.16. The minimum Gasteiger partial charge on any atom is -0.423 e. The molecular formula is C24H19NO2. The van der Waals surface area contributed by atoms with Gasteiger partial charge in [-0.3, -0.25) is 9.78 Å². The molecule has 0 fully saturated rings. The summed E-state index contributed by atoms with van der Waals surface area (Å²) in [4.78, 5) is 17.2. The highest BCUT2D eigenvalue weighted by Crippen LogP contribution is 2.35. The van der Waals surface area contributed by atoms with E-state index in [1.807, 2.05) is 92.0 Å². The number of pyridine rings is 1. The summed E-state index contributed by atoms with van der Waals surface area (Å²) in [6.45, 7) is 2.04. The Hall–Kier alpha value is -3.46. The van der Waals surface area contributed by atoms with Crippen molar-refractivity contribution in [1.82, 2.24) is 4.98 Å². The maximum Gasteiger partial charge on any atom is 0.315 e. The number of hydrogen-bond donors (Lipinski definition) is 0. The van der Waals surface area contributed by atoms with Gasteiger partial charge in [0.15, 0.2) is 5.75 Å². The van der Waals surface area contributed by atoms with Gasteiger partial charge in [-0.1, -0.05) is 84.4 Å². The zero-order valence-electron chi connectivity index (χ0n) is 15.1. The maximum atomic E-state index is 12.6. The number of fused-ring (bicyclic) bond motifs is 1. The van der Waals surface area contributed by atoms with Gasteiger partial charge in [0.2, 0.25) is 0 Å². The highest BCUT2D eigenvalue weighted by molar-refractivity contribution is 5.95. The van der Waals surface area contributed by atoms with Crippen molar-refractivity contribution in [1.29, 1.82) is 0 Å². The first-order chi connectivity index (χ1) is 13.2. The number of aryl methyl sites for hydroxylation is 1. The molecule has 0 bridgehead atoms. The van der Waals surface area contributed by atoms with Crippen LogP contribution in [0.2, 0.25) is 0 Å². The molecule has 0 aliphatic heterocycles. The third-order valence-corrected chi connectivity index (χ3v) is 4.49. The number of rotatable bonds is 4. The van der Waals surface area contributed by atoms with E-state index in [1.165, 1.54) is 5.56 Å². The van der Waals surface area contributed by atoms with Crippen LogP contribution in [0.5, 0.6) is 5.75 Å². The molecule has 0 saturated carbocycles. The number of hydrogen-bond acceptors (Lipinski definition) is 3. The predicted octanol–water partition coefficient (Wildman–Crippen LogP) is 5.36. The first kappa shape index (κ1) is 17.0. The van der Waals surface area contributed by atoms with Gasteiger partial charge < -0.3 is 4.74 Å². The van der Waals surface area contributed by atoms with Crippen LogP contribution in [0.1, 0.15) is 11.1 Å². The third kappa shape index (κ3) is 3.72. The summed E-state index contributed by atoms with van der Waals surface area (Å²) in [5, 5.41) is 1.82. The molecule has 4 aromatic rings. The van der Waals surface area contributed by atoms with E-state index < -0.39 is 0 Å². The number of esters is 1. The van der Waals surface area contributed by atoms with Gasteiger partial charge in [-0.15, -0.1) is 0 Å². The fourth-order valence-corrected chi connectivity index (χ4v) is 3.07. The van der Waals surface area contributed by atoms with Gasteiger partial charge in [0, 0.05) is 22.5 Å². The highest BCUT2D eigenvalue weighted by atomic mass is 16.5. The van der Waals surface area contributed by atoms with Crippen LogP contribution in [-0.4, -0.2) is 11.0 Å². The molecule has 0 aliphatic rings. The monoisotopic (exact) mass is 353 g/mol. The first-order valence-electron chi connectivity index (χ1n) is 8.90. The number of carbonyl (C=O) groups excluding carboxylic acids is 1. The molecule has 0 unspecified atom stereocenters. The van der Waals surface area contributed by atoms with E-state index in [2.05, 4.69) is 4.98 Å². The first-order valence-corrected chi connectivity index (χ1v) is 8.90. The van der Waals surface area contributed by atoms with Crippen molar-refractivity contribution >= 4 is 16.7 Å². The Kier molecular flexibility index (Phi) is 4.67. The van der Waals surface area contributed by atoms with Crippen LogP contribution in [-0.2, 0) is 11.2 Å². The molecule has 4 rings (SSSR count). The molecule has 3 nitrogen and oxygen atoms in total. The lowest BCUT2D eigenvalue weighted by Crippen LogP contribution is -2.12. The number of nitrogens with zero attached hydrogens (tertiary/aromatic N) is 1. The molecule has 132 valence electrons. The van der Waals surface area contributed by atoms with Crippen LogP contribution in [0.4, 0.5) is 0 Å². The maximum absolute atomic E-state index is 12.6. The largest absolute Gasteiger partial charge is 0.423 e. The molecule has 27 heavy (non-hydrogen) atoms. The van der Waals surface area contributed by atoms with Gasteiger partial charge in [0.25, 0.3) is 0 Å². The topological polar surface area (TPSA) is 39.2 Å². The second-order valence-corrected chi connectivity index (χ2v) is 6.53. The van der Waals surface area contributed by atoms with E-state index in [4.69, 9.17) is 4.74 Å². The Morgan fingerprint density at radius 1 is 0.889 bits per heavy atom. The molecule has 1 heterocycles. The number of aromatic nitrogens is 1. The normalized spacial score (nSPS) is 10.7. The zero-order chi connectivity index (χ0) is 18.6. The van der Waals surface area contributed by atoms with E-state index in [1.54, 1.807) is 0 Å². The molecule has 0 atom stereocenters. The fourth-order valence-electron chi connectivity index (χ4n) is 3.07. The van der Waals surface area contributed by atoms with Crippen LogP contribution >= 0.6 is 0 Å². The lowest BCUT2D eigenvalue weighted by Gasteiger charge is -2.13. The summed E-state index contributed by atoms with van der Waals surface area (Å²) in [7, 11) is 0. The lowest BCUT2D eigenvalue weighted by atomic mass is 10.0. The van der Waals surface area contributed by atoms with Gasteiger partial charge in [0.1, 0.15) is 5.69 Å². The smallest absolute Gasteiger partial charge is 0.315 e. The summed E-state index contributed by atoms with van der Waals surface area (Å²) in [5.41, 5.74) is 3.69. The van der Waals surface area contributed by atoms with Crippen molar-refractivity contribution in [3.8, 4) is 17.0 Å². The predicted molar refractivity (Wildman–Crippen MR) is 108 cm³/mol. The standard InChI is InChI=1S/C24H19NO2/c1-17-11-13-19(14-12-17)23-24(21-10-6-5-9-20(21)16-25-23)27-22(26)15-18-7-3-2-4-8-18/h2-14,16H,15H2,1H3. The Labute approximate surface area is 158 Å². The Morgan fingerprint density at radius 3 is 2.37 bits per heavy atom. The van der Waals surface area contributed by atoms with Gasteiger partial charge in [0.05, 0.1) is 6.42 Å². The minimum atomic E-state index is -0.298. The van der Waals surface area contributed by atoms with Crippen LogP contribution in [0.25, 0.3) is 22.0 Å². The van der Waals surface area contributed by atoms with E-state index in [-0.39, 0.29) is 12.4 Å². The van der Waals surface area contributed by atoms with Gasteiger partial charge >= 0.3 is 5.97 Å². The molecule has 0 saturated heterocycles. The SMILES string of the molecule is Cc1ccc(-c2ncc3ccccc3c2OC(=O)Cc2ccccc2)cc1. The summed E-state index contributed by atoms with van der Waals surface area (Å²) in [5.74, 6) is 0.214. The lowest BCUT2D eigenvalue weighted by molar-refractivity contribution is -0.133. The minimum absolute atomic E-state index is 0.220. The molecule has 3 aromatic carbocycles. The van der Waals surface area contributed by atoms with E-state index in [0.717, 1.165) is 21.9 Å². The molecular weight excluding hydrogens is 334 g/mol. The quantitative estimate of drug-likeness (QED) is 0.464. The Bertz CT molecular complexity index is 1090.